The van der Waals surface area contributed by atoms with Crippen LogP contribution in [0.3, 0.4) is 0 Å². The third kappa shape index (κ3) is 3.79. The molecular formula is C18H22N4O2S2. The van der Waals surface area contributed by atoms with Crippen molar-refractivity contribution in [2.45, 2.75) is 51.2 Å². The zero-order valence-corrected chi connectivity index (χ0v) is 16.6. The van der Waals surface area contributed by atoms with Crippen LogP contribution in [-0.2, 0) is 24.2 Å². The van der Waals surface area contributed by atoms with Crippen LogP contribution in [0.15, 0.2) is 9.95 Å². The van der Waals surface area contributed by atoms with Gasteiger partial charge in [0.05, 0.1) is 23.6 Å². The third-order valence-electron chi connectivity index (χ3n) is 4.59. The van der Waals surface area contributed by atoms with E-state index in [1.54, 1.807) is 15.9 Å². The molecule has 26 heavy (non-hydrogen) atoms. The maximum atomic E-state index is 13.0. The number of amides is 1. The molecule has 6 nitrogen and oxygen atoms in total. The number of aryl methyl sites for hydroxylation is 1. The molecule has 0 fully saturated rings. The van der Waals surface area contributed by atoms with E-state index in [0.29, 0.717) is 30.6 Å². The highest BCUT2D eigenvalue weighted by Crippen LogP contribution is 2.36. The highest BCUT2D eigenvalue weighted by atomic mass is 32.2. The second kappa shape index (κ2) is 8.23. The molecule has 0 saturated heterocycles. The van der Waals surface area contributed by atoms with E-state index in [1.807, 2.05) is 13.0 Å². The van der Waals surface area contributed by atoms with E-state index in [9.17, 15) is 9.59 Å². The van der Waals surface area contributed by atoms with Crippen LogP contribution in [0.4, 0.5) is 0 Å². The van der Waals surface area contributed by atoms with Gasteiger partial charge in [0.1, 0.15) is 4.83 Å². The Balaban J connectivity index is 1.88. The van der Waals surface area contributed by atoms with Crippen LogP contribution in [-0.4, -0.2) is 27.8 Å². The minimum absolute atomic E-state index is 0.0111. The Morgan fingerprint density at radius 2 is 2.35 bits per heavy atom. The summed E-state index contributed by atoms with van der Waals surface area (Å²) < 4.78 is 1.67. The summed E-state index contributed by atoms with van der Waals surface area (Å²) in [5, 5.41) is 12.6. The number of thiophene rings is 1. The van der Waals surface area contributed by atoms with Gasteiger partial charge in [-0.2, -0.15) is 5.26 Å². The van der Waals surface area contributed by atoms with Gasteiger partial charge in [-0.1, -0.05) is 18.7 Å². The Morgan fingerprint density at radius 1 is 1.54 bits per heavy atom. The smallest absolute Gasteiger partial charge is 0.263 e. The van der Waals surface area contributed by atoms with Gasteiger partial charge in [-0.05, 0) is 37.7 Å². The Bertz CT molecular complexity index is 926. The van der Waals surface area contributed by atoms with Crippen LogP contribution < -0.4 is 10.9 Å². The molecule has 1 N–H and O–H groups in total. The standard InChI is InChI=1S/C18H22N4O2S2/c1-3-22-17(24)15-12-6-5-11(2)9-13(12)26-16(15)21-18(22)25-10-14(23)20-8-4-7-19/h11H,3-6,8-10H2,1-2H3,(H,20,23)/t11-/m0/s1. The summed E-state index contributed by atoms with van der Waals surface area (Å²) in [6, 6.07) is 1.99. The molecule has 3 rings (SSSR count). The van der Waals surface area contributed by atoms with Gasteiger partial charge in [0.2, 0.25) is 5.91 Å². The molecule has 0 aliphatic heterocycles. The number of hydrogen-bond acceptors (Lipinski definition) is 6. The van der Waals surface area contributed by atoms with E-state index in [1.165, 1.54) is 22.2 Å². The van der Waals surface area contributed by atoms with E-state index >= 15 is 0 Å². The van der Waals surface area contributed by atoms with Crippen molar-refractivity contribution >= 4 is 39.2 Å². The van der Waals surface area contributed by atoms with Gasteiger partial charge in [0, 0.05) is 18.0 Å². The molecule has 2 aromatic heterocycles. The van der Waals surface area contributed by atoms with Crippen LogP contribution in [0, 0.1) is 17.2 Å². The lowest BCUT2D eigenvalue weighted by Gasteiger charge is -2.17. The molecule has 0 aromatic carbocycles. The highest BCUT2D eigenvalue weighted by Gasteiger charge is 2.24. The Kier molecular flexibility index (Phi) is 5.99. The fourth-order valence-corrected chi connectivity index (χ4v) is 5.55. The number of nitrogens with zero attached hydrogens (tertiary/aromatic N) is 3. The van der Waals surface area contributed by atoms with Crippen molar-refractivity contribution in [1.29, 1.82) is 5.26 Å². The highest BCUT2D eigenvalue weighted by molar-refractivity contribution is 7.99. The van der Waals surface area contributed by atoms with Gasteiger partial charge in [-0.15, -0.1) is 11.3 Å². The number of nitrogens with one attached hydrogen (secondary N) is 1. The van der Waals surface area contributed by atoms with Crippen molar-refractivity contribution in [3.8, 4) is 6.07 Å². The van der Waals surface area contributed by atoms with Gasteiger partial charge in [0.25, 0.3) is 5.56 Å². The number of nitriles is 1. The zero-order chi connectivity index (χ0) is 18.7. The SMILES string of the molecule is CCn1c(SCC(=O)NCCC#N)nc2sc3c(c2c1=O)CC[C@H](C)C3. The first-order chi connectivity index (χ1) is 12.5. The molecule has 1 atom stereocenters. The lowest BCUT2D eigenvalue weighted by molar-refractivity contribution is -0.118. The molecule has 8 heteroatoms. The van der Waals surface area contributed by atoms with E-state index in [-0.39, 0.29) is 17.2 Å². The molecule has 1 aliphatic rings. The van der Waals surface area contributed by atoms with Crippen LogP contribution >= 0.6 is 23.1 Å². The number of aromatic nitrogens is 2. The molecule has 2 aromatic rings. The molecule has 1 aliphatic carbocycles. The van der Waals surface area contributed by atoms with Crippen LogP contribution in [0.1, 0.15) is 37.1 Å². The van der Waals surface area contributed by atoms with E-state index in [4.69, 9.17) is 10.2 Å². The largest absolute Gasteiger partial charge is 0.354 e. The maximum Gasteiger partial charge on any atom is 0.263 e. The van der Waals surface area contributed by atoms with Crippen molar-refractivity contribution in [3.05, 3.63) is 20.8 Å². The zero-order valence-electron chi connectivity index (χ0n) is 15.0. The summed E-state index contributed by atoms with van der Waals surface area (Å²) in [6.45, 7) is 5.05. The molecule has 138 valence electrons. The third-order valence-corrected chi connectivity index (χ3v) is 6.71. The second-order valence-electron chi connectivity index (χ2n) is 6.52. The molecule has 0 spiro atoms. The Morgan fingerprint density at radius 3 is 3.08 bits per heavy atom. The minimum atomic E-state index is -0.151. The van der Waals surface area contributed by atoms with Crippen LogP contribution in [0.25, 0.3) is 10.2 Å². The van der Waals surface area contributed by atoms with E-state index < -0.39 is 0 Å². The van der Waals surface area contributed by atoms with Crippen molar-refractivity contribution in [2.75, 3.05) is 12.3 Å². The number of rotatable bonds is 6. The fourth-order valence-electron chi connectivity index (χ4n) is 3.23. The first-order valence-electron chi connectivity index (χ1n) is 8.86. The molecule has 0 saturated carbocycles. The van der Waals surface area contributed by atoms with E-state index in [0.717, 1.165) is 29.5 Å². The fraction of sp³-hybridized carbons (Fsp3) is 0.556. The number of carbonyl (C=O) groups excluding carboxylic acids is 1. The summed E-state index contributed by atoms with van der Waals surface area (Å²) in [4.78, 5) is 31.7. The monoisotopic (exact) mass is 390 g/mol. The number of fused-ring (bicyclic) bond motifs is 3. The molecule has 0 bridgehead atoms. The number of carbonyl (C=O) groups is 1. The normalized spacial score (nSPS) is 16.3. The average molecular weight is 391 g/mol. The second-order valence-corrected chi connectivity index (χ2v) is 8.55. The average Bonchev–Trinajstić information content (AvgIpc) is 2.97. The van der Waals surface area contributed by atoms with E-state index in [2.05, 4.69) is 12.2 Å². The number of thioether (sulfide) groups is 1. The molecule has 1 amide bonds. The summed E-state index contributed by atoms with van der Waals surface area (Å²) in [5.41, 5.74) is 1.20. The quantitative estimate of drug-likeness (QED) is 0.465. The molecule has 0 radical (unpaired) electrons. The predicted molar refractivity (Wildman–Crippen MR) is 105 cm³/mol. The minimum Gasteiger partial charge on any atom is -0.354 e. The Hall–Kier alpha value is -1.85. The van der Waals surface area contributed by atoms with Crippen LogP contribution in [0.5, 0.6) is 0 Å². The summed E-state index contributed by atoms with van der Waals surface area (Å²) >= 11 is 2.90. The van der Waals surface area contributed by atoms with Crippen molar-refractivity contribution < 1.29 is 4.79 Å². The lowest BCUT2D eigenvalue weighted by Crippen LogP contribution is -2.27. The number of hydrogen-bond donors (Lipinski definition) is 1. The molecular weight excluding hydrogens is 368 g/mol. The summed E-state index contributed by atoms with van der Waals surface area (Å²) in [7, 11) is 0. The first-order valence-corrected chi connectivity index (χ1v) is 10.7. The Labute approximate surface area is 160 Å². The topological polar surface area (TPSA) is 87.8 Å². The first kappa shape index (κ1) is 18.9. The van der Waals surface area contributed by atoms with Crippen molar-refractivity contribution in [3.63, 3.8) is 0 Å². The van der Waals surface area contributed by atoms with Crippen LogP contribution in [0.2, 0.25) is 0 Å². The maximum absolute atomic E-state index is 13.0. The van der Waals surface area contributed by atoms with Gasteiger partial charge in [0.15, 0.2) is 5.16 Å². The van der Waals surface area contributed by atoms with Gasteiger partial charge >= 0.3 is 0 Å². The predicted octanol–water partition coefficient (Wildman–Crippen LogP) is 2.72. The lowest BCUT2D eigenvalue weighted by atomic mass is 9.89. The molecule has 0 unspecified atom stereocenters. The summed E-state index contributed by atoms with van der Waals surface area (Å²) in [6.07, 6.45) is 3.37. The van der Waals surface area contributed by atoms with Crippen molar-refractivity contribution in [1.82, 2.24) is 14.9 Å². The van der Waals surface area contributed by atoms with Gasteiger partial charge < -0.3 is 5.32 Å². The van der Waals surface area contributed by atoms with Crippen molar-refractivity contribution in [2.24, 2.45) is 5.92 Å². The molecule has 2 heterocycles. The van der Waals surface area contributed by atoms with Gasteiger partial charge in [-0.3, -0.25) is 14.2 Å². The summed E-state index contributed by atoms with van der Waals surface area (Å²) in [5.74, 6) is 0.683. The van der Waals surface area contributed by atoms with Gasteiger partial charge in [-0.25, -0.2) is 4.98 Å².